The Balaban J connectivity index is 2.67. The normalized spacial score (nSPS) is 10.5. The number of pyridine rings is 1. The second-order valence-electron chi connectivity index (χ2n) is 2.70. The van der Waals surface area contributed by atoms with E-state index in [1.165, 1.54) is 17.5 Å². The van der Waals surface area contributed by atoms with Crippen molar-refractivity contribution in [3.05, 3.63) is 33.3 Å². The molecule has 2 heterocycles. The maximum absolute atomic E-state index is 10.4. The first kappa shape index (κ1) is 8.12. The van der Waals surface area contributed by atoms with E-state index in [1.54, 1.807) is 6.07 Å². The molecule has 2 aromatic rings. The third kappa shape index (κ3) is 1.38. The predicted octanol–water partition coefficient (Wildman–Crippen LogP) is 2.51. The van der Waals surface area contributed by atoms with Crippen molar-refractivity contribution in [3.8, 4) is 0 Å². The summed E-state index contributed by atoms with van der Waals surface area (Å²) in [6.07, 6.45) is 1.29. The van der Waals surface area contributed by atoms with E-state index in [2.05, 4.69) is 4.98 Å². The zero-order valence-electron chi connectivity index (χ0n) is 6.85. The van der Waals surface area contributed by atoms with E-state index < -0.39 is 4.92 Å². The molecule has 0 fully saturated rings. The smallest absolute Gasteiger partial charge is 0.258 e. The first-order chi connectivity index (χ1) is 6.16. The van der Waals surface area contributed by atoms with Crippen LogP contribution in [0.1, 0.15) is 4.88 Å². The Bertz CT molecular complexity index is 478. The van der Waals surface area contributed by atoms with Crippen molar-refractivity contribution in [1.82, 2.24) is 4.98 Å². The minimum atomic E-state index is -0.431. The van der Waals surface area contributed by atoms with Crippen LogP contribution >= 0.6 is 11.3 Å². The maximum Gasteiger partial charge on any atom is 0.288 e. The highest BCUT2D eigenvalue weighted by Crippen LogP contribution is 2.25. The van der Waals surface area contributed by atoms with Gasteiger partial charge in [0, 0.05) is 16.3 Å². The monoisotopic (exact) mass is 194 g/mol. The average Bonchev–Trinajstić information content (AvgIpc) is 2.42. The van der Waals surface area contributed by atoms with E-state index >= 15 is 0 Å². The van der Waals surface area contributed by atoms with Gasteiger partial charge in [0.1, 0.15) is 11.0 Å². The van der Waals surface area contributed by atoms with Gasteiger partial charge in [-0.1, -0.05) is 0 Å². The SMILES string of the molecule is Cc1cc2cc([N+](=O)[O-])cnc2s1. The van der Waals surface area contributed by atoms with Crippen LogP contribution in [0.15, 0.2) is 18.3 Å². The standard InChI is InChI=1S/C8H6N2O2S/c1-5-2-6-3-7(10(11)12)4-9-8(6)13-5/h2-4H,1H3. The van der Waals surface area contributed by atoms with Crippen LogP contribution in [0.3, 0.4) is 0 Å². The molecule has 0 spiro atoms. The first-order valence-corrected chi connectivity index (χ1v) is 4.49. The molecule has 0 atom stereocenters. The molecule has 13 heavy (non-hydrogen) atoms. The van der Waals surface area contributed by atoms with Crippen LogP contribution < -0.4 is 0 Å². The number of aromatic nitrogens is 1. The van der Waals surface area contributed by atoms with Crippen molar-refractivity contribution in [2.75, 3.05) is 0 Å². The predicted molar refractivity (Wildman–Crippen MR) is 51.0 cm³/mol. The van der Waals surface area contributed by atoms with Crippen LogP contribution in [0.2, 0.25) is 0 Å². The van der Waals surface area contributed by atoms with Gasteiger partial charge in [0.25, 0.3) is 5.69 Å². The minimum Gasteiger partial charge on any atom is -0.258 e. The van der Waals surface area contributed by atoms with Crippen LogP contribution in [0, 0.1) is 17.0 Å². The molecule has 0 radical (unpaired) electrons. The van der Waals surface area contributed by atoms with E-state index in [9.17, 15) is 10.1 Å². The molecule has 5 heteroatoms. The molecule has 66 valence electrons. The summed E-state index contributed by atoms with van der Waals surface area (Å²) < 4.78 is 0. The zero-order chi connectivity index (χ0) is 9.42. The molecule has 0 saturated heterocycles. The van der Waals surface area contributed by atoms with Crippen molar-refractivity contribution >= 4 is 27.2 Å². The lowest BCUT2D eigenvalue weighted by molar-refractivity contribution is -0.385. The Labute approximate surface area is 78.0 Å². The number of fused-ring (bicyclic) bond motifs is 1. The number of aryl methyl sites for hydroxylation is 1. The highest BCUT2D eigenvalue weighted by Gasteiger charge is 2.08. The number of nitro groups is 1. The second kappa shape index (κ2) is 2.77. The number of hydrogen-bond acceptors (Lipinski definition) is 4. The summed E-state index contributed by atoms with van der Waals surface area (Å²) in [4.78, 5) is 16.0. The fourth-order valence-corrected chi connectivity index (χ4v) is 1.98. The number of nitrogens with zero attached hydrogens (tertiary/aromatic N) is 2. The Kier molecular flexibility index (Phi) is 1.73. The lowest BCUT2D eigenvalue weighted by Crippen LogP contribution is -1.87. The van der Waals surface area contributed by atoms with Gasteiger partial charge in [0.15, 0.2) is 0 Å². The van der Waals surface area contributed by atoms with Crippen molar-refractivity contribution < 1.29 is 4.92 Å². The molecule has 0 aliphatic rings. The van der Waals surface area contributed by atoms with Crippen LogP contribution in [0.25, 0.3) is 10.2 Å². The van der Waals surface area contributed by atoms with Crippen LogP contribution in [-0.2, 0) is 0 Å². The zero-order valence-corrected chi connectivity index (χ0v) is 7.67. The van der Waals surface area contributed by atoms with E-state index in [0.717, 1.165) is 15.1 Å². The van der Waals surface area contributed by atoms with Gasteiger partial charge < -0.3 is 0 Å². The molecular weight excluding hydrogens is 188 g/mol. The van der Waals surface area contributed by atoms with E-state index in [0.29, 0.717) is 0 Å². The first-order valence-electron chi connectivity index (χ1n) is 3.67. The van der Waals surface area contributed by atoms with Crippen LogP contribution in [0.4, 0.5) is 5.69 Å². The molecule has 0 aromatic carbocycles. The average molecular weight is 194 g/mol. The Hall–Kier alpha value is -1.49. The molecular formula is C8H6N2O2S. The second-order valence-corrected chi connectivity index (χ2v) is 3.94. The molecule has 2 aromatic heterocycles. The lowest BCUT2D eigenvalue weighted by Gasteiger charge is -1.89. The van der Waals surface area contributed by atoms with Crippen molar-refractivity contribution in [2.24, 2.45) is 0 Å². The highest BCUT2D eigenvalue weighted by molar-refractivity contribution is 7.18. The van der Waals surface area contributed by atoms with Gasteiger partial charge in [-0.3, -0.25) is 10.1 Å². The molecule has 0 aliphatic carbocycles. The van der Waals surface area contributed by atoms with Gasteiger partial charge >= 0.3 is 0 Å². The Morgan fingerprint density at radius 1 is 1.54 bits per heavy atom. The Morgan fingerprint density at radius 3 is 3.00 bits per heavy atom. The highest BCUT2D eigenvalue weighted by atomic mass is 32.1. The summed E-state index contributed by atoms with van der Waals surface area (Å²) in [5, 5.41) is 11.3. The maximum atomic E-state index is 10.4. The molecule has 0 amide bonds. The van der Waals surface area contributed by atoms with Gasteiger partial charge in [-0.05, 0) is 13.0 Å². The van der Waals surface area contributed by atoms with Crippen molar-refractivity contribution in [2.45, 2.75) is 6.92 Å². The number of thiophene rings is 1. The van der Waals surface area contributed by atoms with Gasteiger partial charge in [-0.25, -0.2) is 4.98 Å². The largest absolute Gasteiger partial charge is 0.288 e. The van der Waals surface area contributed by atoms with Gasteiger partial charge in [-0.15, -0.1) is 11.3 Å². The van der Waals surface area contributed by atoms with Gasteiger partial charge in [0.05, 0.1) is 4.92 Å². The summed E-state index contributed by atoms with van der Waals surface area (Å²) in [5.74, 6) is 0. The third-order valence-electron chi connectivity index (χ3n) is 1.69. The third-order valence-corrected chi connectivity index (χ3v) is 2.67. The van der Waals surface area contributed by atoms with Crippen LogP contribution in [0.5, 0.6) is 0 Å². The van der Waals surface area contributed by atoms with E-state index in [-0.39, 0.29) is 5.69 Å². The minimum absolute atomic E-state index is 0.0466. The summed E-state index contributed by atoms with van der Waals surface area (Å²) in [6.45, 7) is 1.96. The summed E-state index contributed by atoms with van der Waals surface area (Å²) in [5.41, 5.74) is 0.0466. The van der Waals surface area contributed by atoms with Gasteiger partial charge in [0.2, 0.25) is 0 Å². The number of rotatable bonds is 1. The molecule has 0 bridgehead atoms. The van der Waals surface area contributed by atoms with E-state index in [1.807, 2.05) is 13.0 Å². The molecule has 0 unspecified atom stereocenters. The van der Waals surface area contributed by atoms with E-state index in [4.69, 9.17) is 0 Å². The fraction of sp³-hybridized carbons (Fsp3) is 0.125. The summed E-state index contributed by atoms with van der Waals surface area (Å²) in [6, 6.07) is 3.45. The molecule has 4 nitrogen and oxygen atoms in total. The van der Waals surface area contributed by atoms with Crippen LogP contribution in [-0.4, -0.2) is 9.91 Å². The fourth-order valence-electron chi connectivity index (χ4n) is 1.15. The summed E-state index contributed by atoms with van der Waals surface area (Å²) in [7, 11) is 0. The topological polar surface area (TPSA) is 56.0 Å². The molecule has 0 aliphatic heterocycles. The van der Waals surface area contributed by atoms with Crippen molar-refractivity contribution in [1.29, 1.82) is 0 Å². The number of hydrogen-bond donors (Lipinski definition) is 0. The molecule has 0 N–H and O–H groups in total. The Morgan fingerprint density at radius 2 is 2.31 bits per heavy atom. The van der Waals surface area contributed by atoms with Gasteiger partial charge in [-0.2, -0.15) is 0 Å². The quantitative estimate of drug-likeness (QED) is 0.517. The molecule has 2 rings (SSSR count). The molecule has 0 saturated carbocycles. The lowest BCUT2D eigenvalue weighted by atomic mass is 10.3. The summed E-state index contributed by atoms with van der Waals surface area (Å²) >= 11 is 1.54. The van der Waals surface area contributed by atoms with Crippen molar-refractivity contribution in [3.63, 3.8) is 0 Å².